The molecule has 2 amide bonds. The summed E-state index contributed by atoms with van der Waals surface area (Å²) in [5.41, 5.74) is 8.64. The first-order chi connectivity index (χ1) is 13.1. The Labute approximate surface area is 160 Å². The number of nitrogens with one attached hydrogen (secondary N) is 1. The molecule has 0 spiro atoms. The molecule has 0 aliphatic carbocycles. The van der Waals surface area contributed by atoms with Crippen molar-refractivity contribution in [1.82, 2.24) is 10.2 Å². The van der Waals surface area contributed by atoms with Crippen molar-refractivity contribution in [3.63, 3.8) is 0 Å². The van der Waals surface area contributed by atoms with Gasteiger partial charge in [0.2, 0.25) is 11.8 Å². The fourth-order valence-electron chi connectivity index (χ4n) is 3.48. The van der Waals surface area contributed by atoms with Crippen LogP contribution < -0.4 is 11.1 Å². The molecule has 0 aromatic heterocycles. The van der Waals surface area contributed by atoms with Gasteiger partial charge in [-0.15, -0.1) is 0 Å². The summed E-state index contributed by atoms with van der Waals surface area (Å²) >= 11 is 0. The lowest BCUT2D eigenvalue weighted by atomic mass is 10.0. The molecule has 1 saturated heterocycles. The van der Waals surface area contributed by atoms with Gasteiger partial charge in [-0.1, -0.05) is 48.5 Å². The number of carbonyl (C=O) groups excluding carboxylic acids is 2. The van der Waals surface area contributed by atoms with Crippen LogP contribution in [-0.2, 0) is 22.4 Å². The summed E-state index contributed by atoms with van der Waals surface area (Å²) in [4.78, 5) is 27.3. The number of benzene rings is 2. The third kappa shape index (κ3) is 5.33. The first-order valence-corrected chi connectivity index (χ1v) is 9.59. The number of anilines is 1. The van der Waals surface area contributed by atoms with E-state index in [9.17, 15) is 9.59 Å². The van der Waals surface area contributed by atoms with E-state index in [1.54, 1.807) is 0 Å². The van der Waals surface area contributed by atoms with Crippen LogP contribution in [0.3, 0.4) is 0 Å². The van der Waals surface area contributed by atoms with Crippen LogP contribution in [0.15, 0.2) is 54.6 Å². The van der Waals surface area contributed by atoms with Crippen LogP contribution in [0.1, 0.15) is 30.4 Å². The molecule has 1 atom stereocenters. The molecule has 2 aromatic carbocycles. The third-order valence-corrected chi connectivity index (χ3v) is 5.01. The minimum absolute atomic E-state index is 0.0175. The number of nitrogens with zero attached hydrogens (tertiary/aromatic N) is 1. The highest BCUT2D eigenvalue weighted by molar-refractivity contribution is 5.88. The molecule has 142 valence electrons. The van der Waals surface area contributed by atoms with Gasteiger partial charge in [-0.3, -0.25) is 9.59 Å². The summed E-state index contributed by atoms with van der Waals surface area (Å²) in [5.74, 6) is -0.101. The second kappa shape index (κ2) is 9.21. The van der Waals surface area contributed by atoms with Gasteiger partial charge in [0.25, 0.3) is 0 Å². The second-order valence-electron chi connectivity index (χ2n) is 7.04. The van der Waals surface area contributed by atoms with Gasteiger partial charge >= 0.3 is 0 Å². The van der Waals surface area contributed by atoms with Crippen LogP contribution in [-0.4, -0.2) is 35.8 Å². The highest BCUT2D eigenvalue weighted by Gasteiger charge is 2.27. The third-order valence-electron chi connectivity index (χ3n) is 5.01. The summed E-state index contributed by atoms with van der Waals surface area (Å²) in [6, 6.07) is 16.9. The number of rotatable bonds is 7. The molecular formula is C22H27N3O2. The van der Waals surface area contributed by atoms with Crippen LogP contribution >= 0.6 is 0 Å². The molecule has 2 aromatic rings. The standard InChI is InChI=1S/C22H27N3O2/c23-19-11-5-4-10-18(19)12-13-21(26)24-20(16-17-8-2-1-3-9-17)22(27)25-14-6-7-15-25/h1-5,8-11,20H,6-7,12-16,23H2,(H,24,26). The van der Waals surface area contributed by atoms with Crippen molar-refractivity contribution < 1.29 is 9.59 Å². The molecule has 1 unspecified atom stereocenters. The SMILES string of the molecule is Nc1ccccc1CCC(=O)NC(Cc1ccccc1)C(=O)N1CCCC1. The zero-order valence-corrected chi connectivity index (χ0v) is 15.6. The fraction of sp³-hybridized carbons (Fsp3) is 0.364. The lowest BCUT2D eigenvalue weighted by molar-refractivity contribution is -0.135. The van der Waals surface area contributed by atoms with E-state index >= 15 is 0 Å². The van der Waals surface area contributed by atoms with E-state index in [1.807, 2.05) is 59.5 Å². The zero-order chi connectivity index (χ0) is 19.1. The van der Waals surface area contributed by atoms with E-state index in [0.717, 1.165) is 37.1 Å². The molecule has 0 saturated carbocycles. The van der Waals surface area contributed by atoms with Crippen molar-refractivity contribution in [3.8, 4) is 0 Å². The fourth-order valence-corrected chi connectivity index (χ4v) is 3.48. The van der Waals surface area contributed by atoms with E-state index < -0.39 is 6.04 Å². The van der Waals surface area contributed by atoms with Crippen molar-refractivity contribution in [2.24, 2.45) is 0 Å². The average Bonchev–Trinajstić information content (AvgIpc) is 3.22. The number of amides is 2. The Bertz CT molecular complexity index is 770. The van der Waals surface area contributed by atoms with Gasteiger partial charge < -0.3 is 16.0 Å². The predicted molar refractivity (Wildman–Crippen MR) is 107 cm³/mol. The first-order valence-electron chi connectivity index (χ1n) is 9.59. The van der Waals surface area contributed by atoms with Gasteiger partial charge in [-0.05, 0) is 36.5 Å². The Hall–Kier alpha value is -2.82. The monoisotopic (exact) mass is 365 g/mol. The Morgan fingerprint density at radius 2 is 1.67 bits per heavy atom. The number of likely N-dealkylation sites (tertiary alicyclic amines) is 1. The highest BCUT2D eigenvalue weighted by atomic mass is 16.2. The molecule has 5 nitrogen and oxygen atoms in total. The Kier molecular flexibility index (Phi) is 6.47. The number of carbonyl (C=O) groups is 2. The number of para-hydroxylation sites is 1. The highest BCUT2D eigenvalue weighted by Crippen LogP contribution is 2.14. The van der Waals surface area contributed by atoms with Crippen LogP contribution in [0, 0.1) is 0 Å². The number of hydrogen-bond donors (Lipinski definition) is 2. The molecule has 1 fully saturated rings. The van der Waals surface area contributed by atoms with Crippen LogP contribution in [0.4, 0.5) is 5.69 Å². The summed E-state index contributed by atoms with van der Waals surface area (Å²) in [6.07, 6.45) is 3.45. The van der Waals surface area contributed by atoms with E-state index in [2.05, 4.69) is 5.32 Å². The normalized spacial score (nSPS) is 14.7. The number of nitrogen functional groups attached to an aromatic ring is 1. The van der Waals surface area contributed by atoms with Crippen molar-refractivity contribution in [1.29, 1.82) is 0 Å². The molecule has 1 heterocycles. The summed E-state index contributed by atoms with van der Waals surface area (Å²) in [6.45, 7) is 1.56. The second-order valence-corrected chi connectivity index (χ2v) is 7.04. The van der Waals surface area contributed by atoms with Crippen molar-refractivity contribution in [2.45, 2.75) is 38.1 Å². The average molecular weight is 365 g/mol. The van der Waals surface area contributed by atoms with Gasteiger partial charge in [0, 0.05) is 31.6 Å². The van der Waals surface area contributed by atoms with E-state index in [0.29, 0.717) is 24.9 Å². The quantitative estimate of drug-likeness (QED) is 0.741. The number of nitrogens with two attached hydrogens (primary N) is 1. The van der Waals surface area contributed by atoms with E-state index in [4.69, 9.17) is 5.73 Å². The minimum Gasteiger partial charge on any atom is -0.399 e. The lowest BCUT2D eigenvalue weighted by Gasteiger charge is -2.24. The van der Waals surface area contributed by atoms with E-state index in [-0.39, 0.29) is 11.8 Å². The summed E-state index contributed by atoms with van der Waals surface area (Å²) in [5, 5.41) is 2.96. The molecule has 1 aliphatic heterocycles. The first kappa shape index (κ1) is 19.0. The molecule has 3 N–H and O–H groups in total. The van der Waals surface area contributed by atoms with Crippen LogP contribution in [0.25, 0.3) is 0 Å². The van der Waals surface area contributed by atoms with Gasteiger partial charge in [0.15, 0.2) is 0 Å². The topological polar surface area (TPSA) is 75.4 Å². The Balaban J connectivity index is 1.63. The van der Waals surface area contributed by atoms with Crippen molar-refractivity contribution in [3.05, 3.63) is 65.7 Å². The predicted octanol–water partition coefficient (Wildman–Crippen LogP) is 2.55. The molecule has 0 bridgehead atoms. The maximum Gasteiger partial charge on any atom is 0.245 e. The van der Waals surface area contributed by atoms with Gasteiger partial charge in [0.05, 0.1) is 0 Å². The number of hydrogen-bond acceptors (Lipinski definition) is 3. The maximum absolute atomic E-state index is 12.9. The molecular weight excluding hydrogens is 338 g/mol. The van der Waals surface area contributed by atoms with Crippen LogP contribution in [0.2, 0.25) is 0 Å². The van der Waals surface area contributed by atoms with Crippen molar-refractivity contribution in [2.75, 3.05) is 18.8 Å². The number of aryl methyl sites for hydroxylation is 1. The smallest absolute Gasteiger partial charge is 0.245 e. The molecule has 27 heavy (non-hydrogen) atoms. The summed E-state index contributed by atoms with van der Waals surface area (Å²) in [7, 11) is 0. The summed E-state index contributed by atoms with van der Waals surface area (Å²) < 4.78 is 0. The van der Waals surface area contributed by atoms with Crippen LogP contribution in [0.5, 0.6) is 0 Å². The minimum atomic E-state index is -0.522. The zero-order valence-electron chi connectivity index (χ0n) is 15.6. The molecule has 0 radical (unpaired) electrons. The van der Waals surface area contributed by atoms with Gasteiger partial charge in [-0.2, -0.15) is 0 Å². The molecule has 1 aliphatic rings. The molecule has 3 rings (SSSR count). The lowest BCUT2D eigenvalue weighted by Crippen LogP contribution is -2.49. The van der Waals surface area contributed by atoms with Gasteiger partial charge in [0.1, 0.15) is 6.04 Å². The van der Waals surface area contributed by atoms with Crippen molar-refractivity contribution >= 4 is 17.5 Å². The van der Waals surface area contributed by atoms with Gasteiger partial charge in [-0.25, -0.2) is 0 Å². The maximum atomic E-state index is 12.9. The Morgan fingerprint density at radius 1 is 1.00 bits per heavy atom. The molecule has 5 heteroatoms. The largest absolute Gasteiger partial charge is 0.399 e. The van der Waals surface area contributed by atoms with E-state index in [1.165, 1.54) is 0 Å². The Morgan fingerprint density at radius 3 is 2.37 bits per heavy atom.